The number of pyridine rings is 2. The van der Waals surface area contributed by atoms with Gasteiger partial charge in [-0.2, -0.15) is 0 Å². The molecule has 136 valence electrons. The second-order valence-electron chi connectivity index (χ2n) is 6.33. The number of carbonyl (C=O) groups excluding carboxylic acids is 1. The van der Waals surface area contributed by atoms with Gasteiger partial charge in [-0.05, 0) is 36.6 Å². The van der Waals surface area contributed by atoms with E-state index >= 15 is 0 Å². The third-order valence-electron chi connectivity index (χ3n) is 4.53. The summed E-state index contributed by atoms with van der Waals surface area (Å²) in [7, 11) is 0. The van der Waals surface area contributed by atoms with Gasteiger partial charge in [-0.15, -0.1) is 0 Å². The first-order valence-corrected chi connectivity index (χ1v) is 8.93. The van der Waals surface area contributed by atoms with E-state index in [0.29, 0.717) is 25.8 Å². The first kappa shape index (κ1) is 18.1. The van der Waals surface area contributed by atoms with Gasteiger partial charge in [0.1, 0.15) is 5.65 Å². The molecular formula is C20H24N4O2. The van der Waals surface area contributed by atoms with E-state index in [4.69, 9.17) is 0 Å². The van der Waals surface area contributed by atoms with Gasteiger partial charge in [0.2, 0.25) is 5.91 Å². The Morgan fingerprint density at radius 1 is 1.31 bits per heavy atom. The van der Waals surface area contributed by atoms with E-state index in [1.54, 1.807) is 17.3 Å². The predicted octanol–water partition coefficient (Wildman–Crippen LogP) is 2.46. The number of aliphatic hydroxyl groups is 1. The molecule has 0 aliphatic rings. The van der Waals surface area contributed by atoms with E-state index in [1.807, 2.05) is 54.0 Å². The van der Waals surface area contributed by atoms with Crippen LogP contribution in [0, 0.1) is 0 Å². The number of fused-ring (bicyclic) bond motifs is 1. The summed E-state index contributed by atoms with van der Waals surface area (Å²) in [6, 6.07) is 9.45. The van der Waals surface area contributed by atoms with E-state index < -0.39 is 0 Å². The van der Waals surface area contributed by atoms with E-state index in [-0.39, 0.29) is 18.6 Å². The van der Waals surface area contributed by atoms with Gasteiger partial charge in [0.25, 0.3) is 0 Å². The Hall–Kier alpha value is -2.73. The molecule has 0 radical (unpaired) electrons. The minimum Gasteiger partial charge on any atom is -0.394 e. The summed E-state index contributed by atoms with van der Waals surface area (Å²) >= 11 is 0. The maximum atomic E-state index is 12.9. The number of carbonyl (C=O) groups is 1. The molecule has 1 unspecified atom stereocenters. The van der Waals surface area contributed by atoms with Gasteiger partial charge in [-0.25, -0.2) is 4.98 Å². The first-order valence-electron chi connectivity index (χ1n) is 8.93. The van der Waals surface area contributed by atoms with Crippen LogP contribution in [0.2, 0.25) is 0 Å². The number of hydrogen-bond acceptors (Lipinski definition) is 4. The van der Waals surface area contributed by atoms with E-state index in [0.717, 1.165) is 16.9 Å². The third kappa shape index (κ3) is 4.26. The van der Waals surface area contributed by atoms with Gasteiger partial charge in [0, 0.05) is 37.8 Å². The van der Waals surface area contributed by atoms with Crippen molar-refractivity contribution in [2.45, 2.75) is 38.8 Å². The SMILES string of the molecule is CCC(CO)N(Cc1cccnc1)C(=O)CCc1cn2ccccc2n1. The highest BCUT2D eigenvalue weighted by Gasteiger charge is 2.22. The smallest absolute Gasteiger partial charge is 0.223 e. The fourth-order valence-electron chi connectivity index (χ4n) is 3.04. The van der Waals surface area contributed by atoms with Crippen LogP contribution in [0.25, 0.3) is 5.65 Å². The number of amides is 1. The molecule has 1 amide bonds. The quantitative estimate of drug-likeness (QED) is 0.676. The average molecular weight is 352 g/mol. The molecule has 3 aromatic heterocycles. The van der Waals surface area contributed by atoms with Crippen LogP contribution in [0.4, 0.5) is 0 Å². The average Bonchev–Trinajstić information content (AvgIpc) is 3.10. The molecule has 3 aromatic rings. The van der Waals surface area contributed by atoms with E-state index in [1.165, 1.54) is 0 Å². The Balaban J connectivity index is 1.69. The topological polar surface area (TPSA) is 70.7 Å². The Bertz CT molecular complexity index is 810. The summed E-state index contributed by atoms with van der Waals surface area (Å²) in [5.41, 5.74) is 2.73. The van der Waals surface area contributed by atoms with Crippen molar-refractivity contribution in [1.29, 1.82) is 0 Å². The molecule has 1 N–H and O–H groups in total. The molecule has 1 atom stereocenters. The molecule has 0 fully saturated rings. The first-order chi connectivity index (χ1) is 12.7. The number of nitrogens with zero attached hydrogens (tertiary/aromatic N) is 4. The van der Waals surface area contributed by atoms with Crippen molar-refractivity contribution >= 4 is 11.6 Å². The lowest BCUT2D eigenvalue weighted by Crippen LogP contribution is -2.41. The highest BCUT2D eigenvalue weighted by molar-refractivity contribution is 5.76. The van der Waals surface area contributed by atoms with Crippen LogP contribution in [0.3, 0.4) is 0 Å². The summed E-state index contributed by atoms with van der Waals surface area (Å²) < 4.78 is 1.95. The van der Waals surface area contributed by atoms with Crippen molar-refractivity contribution < 1.29 is 9.90 Å². The fourth-order valence-corrected chi connectivity index (χ4v) is 3.04. The molecule has 0 saturated carbocycles. The summed E-state index contributed by atoms with van der Waals surface area (Å²) in [4.78, 5) is 23.3. The van der Waals surface area contributed by atoms with Crippen LogP contribution in [0.15, 0.2) is 55.1 Å². The zero-order chi connectivity index (χ0) is 18.4. The second-order valence-corrected chi connectivity index (χ2v) is 6.33. The minimum absolute atomic E-state index is 0.0202. The molecule has 3 heterocycles. The number of aryl methyl sites for hydroxylation is 1. The van der Waals surface area contributed by atoms with Gasteiger partial charge in [0.15, 0.2) is 0 Å². The molecular weight excluding hydrogens is 328 g/mol. The highest BCUT2D eigenvalue weighted by atomic mass is 16.3. The van der Waals surface area contributed by atoms with Crippen molar-refractivity contribution in [3.05, 3.63) is 66.4 Å². The number of imidazole rings is 1. The van der Waals surface area contributed by atoms with Crippen molar-refractivity contribution in [3.8, 4) is 0 Å². The lowest BCUT2D eigenvalue weighted by atomic mass is 10.1. The van der Waals surface area contributed by atoms with Crippen LogP contribution < -0.4 is 0 Å². The zero-order valence-corrected chi connectivity index (χ0v) is 15.0. The van der Waals surface area contributed by atoms with Crippen LogP contribution in [-0.2, 0) is 17.8 Å². The number of hydrogen-bond donors (Lipinski definition) is 1. The second kappa shape index (κ2) is 8.58. The predicted molar refractivity (Wildman–Crippen MR) is 99.5 cm³/mol. The van der Waals surface area contributed by atoms with Crippen LogP contribution in [0.5, 0.6) is 0 Å². The molecule has 0 aromatic carbocycles. The molecule has 0 saturated heterocycles. The lowest BCUT2D eigenvalue weighted by molar-refractivity contribution is -0.135. The Morgan fingerprint density at radius 2 is 2.19 bits per heavy atom. The Morgan fingerprint density at radius 3 is 2.88 bits per heavy atom. The van der Waals surface area contributed by atoms with Gasteiger partial charge in [-0.1, -0.05) is 19.1 Å². The maximum Gasteiger partial charge on any atom is 0.223 e. The summed E-state index contributed by atoms with van der Waals surface area (Å²) in [6.45, 7) is 2.39. The minimum atomic E-state index is -0.191. The fraction of sp³-hybridized carbons (Fsp3) is 0.350. The largest absolute Gasteiger partial charge is 0.394 e. The molecule has 0 aliphatic heterocycles. The maximum absolute atomic E-state index is 12.9. The molecule has 0 aliphatic carbocycles. The van der Waals surface area contributed by atoms with Crippen LogP contribution in [0.1, 0.15) is 31.0 Å². The van der Waals surface area contributed by atoms with Crippen LogP contribution >= 0.6 is 0 Å². The third-order valence-corrected chi connectivity index (χ3v) is 4.53. The molecule has 3 rings (SSSR count). The summed E-state index contributed by atoms with van der Waals surface area (Å²) in [5.74, 6) is 0.0202. The van der Waals surface area contributed by atoms with E-state index in [2.05, 4.69) is 9.97 Å². The summed E-state index contributed by atoms with van der Waals surface area (Å²) in [6.07, 6.45) is 9.01. The van der Waals surface area contributed by atoms with Crippen molar-refractivity contribution in [3.63, 3.8) is 0 Å². The van der Waals surface area contributed by atoms with Crippen molar-refractivity contribution in [1.82, 2.24) is 19.3 Å². The van der Waals surface area contributed by atoms with Gasteiger partial charge >= 0.3 is 0 Å². The zero-order valence-electron chi connectivity index (χ0n) is 15.0. The number of rotatable bonds is 8. The standard InChI is InChI=1S/C20H24N4O2/c1-2-18(15-25)24(13-16-6-5-10-21-12-16)20(26)9-8-17-14-23-11-4-3-7-19(23)22-17/h3-7,10-12,14,18,25H,2,8-9,13,15H2,1H3. The monoisotopic (exact) mass is 352 g/mol. The Labute approximate surface area is 153 Å². The lowest BCUT2D eigenvalue weighted by Gasteiger charge is -2.30. The number of aliphatic hydroxyl groups excluding tert-OH is 1. The van der Waals surface area contributed by atoms with Crippen molar-refractivity contribution in [2.24, 2.45) is 0 Å². The molecule has 0 spiro atoms. The normalized spacial score (nSPS) is 12.2. The molecule has 0 bridgehead atoms. The van der Waals surface area contributed by atoms with Gasteiger partial charge < -0.3 is 14.4 Å². The Kier molecular flexibility index (Phi) is 5.96. The van der Waals surface area contributed by atoms with E-state index in [9.17, 15) is 9.90 Å². The molecule has 6 heteroatoms. The highest BCUT2D eigenvalue weighted by Crippen LogP contribution is 2.14. The van der Waals surface area contributed by atoms with Gasteiger partial charge in [0.05, 0.1) is 18.3 Å². The van der Waals surface area contributed by atoms with Gasteiger partial charge in [-0.3, -0.25) is 9.78 Å². The molecule has 6 nitrogen and oxygen atoms in total. The molecule has 26 heavy (non-hydrogen) atoms. The van der Waals surface area contributed by atoms with Crippen LogP contribution in [-0.4, -0.2) is 42.9 Å². The summed E-state index contributed by atoms with van der Waals surface area (Å²) in [5, 5.41) is 9.68. The number of aromatic nitrogens is 3. The van der Waals surface area contributed by atoms with Crippen molar-refractivity contribution in [2.75, 3.05) is 6.61 Å².